The monoisotopic (exact) mass is 202 g/mol. The Labute approximate surface area is 79.9 Å². The molecule has 0 aliphatic heterocycles. The predicted octanol–water partition coefficient (Wildman–Crippen LogP) is 0.334. The van der Waals surface area contributed by atoms with Crippen molar-refractivity contribution in [3.05, 3.63) is 10.6 Å². The summed E-state index contributed by atoms with van der Waals surface area (Å²) in [6, 6.07) is 0. The van der Waals surface area contributed by atoms with E-state index in [2.05, 4.69) is 20.3 Å². The minimum Gasteiger partial charge on any atom is -0.453 e. The molecule has 0 atom stereocenters. The van der Waals surface area contributed by atoms with Crippen molar-refractivity contribution in [2.24, 2.45) is 7.05 Å². The number of nitrogens with one attached hydrogen (secondary N) is 2. The van der Waals surface area contributed by atoms with Gasteiger partial charge in [-0.2, -0.15) is 5.10 Å². The van der Waals surface area contributed by atoms with Crippen LogP contribution < -0.4 is 5.32 Å². The average Bonchev–Trinajstić information content (AvgIpc) is 2.44. The zero-order valence-electron chi connectivity index (χ0n) is 7.33. The molecule has 0 bridgehead atoms. The molecule has 1 aromatic heterocycles. The lowest BCUT2D eigenvalue weighted by atomic mass is 10.6. The van der Waals surface area contributed by atoms with Crippen LogP contribution in [0.5, 0.6) is 0 Å². The number of rotatable bonds is 2. The van der Waals surface area contributed by atoms with Crippen LogP contribution in [0.25, 0.3) is 0 Å². The van der Waals surface area contributed by atoms with Gasteiger partial charge < -0.3 is 14.6 Å². The normalized spacial score (nSPS) is 9.69. The fourth-order valence-corrected chi connectivity index (χ4v) is 0.912. The van der Waals surface area contributed by atoms with Gasteiger partial charge in [0, 0.05) is 7.05 Å². The van der Waals surface area contributed by atoms with E-state index >= 15 is 0 Å². The Morgan fingerprint density at radius 3 is 3.00 bits per heavy atom. The lowest BCUT2D eigenvalue weighted by molar-refractivity contribution is 0.170. The topological polar surface area (TPSA) is 71.9 Å². The summed E-state index contributed by atoms with van der Waals surface area (Å²) in [6.45, 7) is 0.288. The van der Waals surface area contributed by atoms with E-state index in [4.69, 9.17) is 12.2 Å². The first kappa shape index (κ1) is 9.72. The van der Waals surface area contributed by atoms with E-state index in [-0.39, 0.29) is 6.54 Å². The van der Waals surface area contributed by atoms with Crippen molar-refractivity contribution in [1.29, 1.82) is 0 Å². The van der Waals surface area contributed by atoms with Crippen LogP contribution in [0.4, 0.5) is 4.79 Å². The standard InChI is InChI=1S/C6H10N4O2S/c1-10-4(8-9-5(10)13)3-7-6(11)12-2/h3H2,1-2H3,(H,7,11)(H,9,13). The Morgan fingerprint density at radius 1 is 1.85 bits per heavy atom. The molecule has 0 saturated heterocycles. The van der Waals surface area contributed by atoms with E-state index in [1.165, 1.54) is 7.11 Å². The van der Waals surface area contributed by atoms with Crippen molar-refractivity contribution in [3.8, 4) is 0 Å². The summed E-state index contributed by atoms with van der Waals surface area (Å²) in [4.78, 5) is 10.7. The van der Waals surface area contributed by atoms with Crippen molar-refractivity contribution in [2.75, 3.05) is 7.11 Å². The Balaban J connectivity index is 2.60. The molecular formula is C6H10N4O2S. The minimum absolute atomic E-state index is 0.288. The number of hydrogen-bond acceptors (Lipinski definition) is 4. The number of alkyl carbamates (subject to hydrolysis) is 1. The van der Waals surface area contributed by atoms with Gasteiger partial charge in [-0.25, -0.2) is 4.79 Å². The number of methoxy groups -OCH3 is 1. The summed E-state index contributed by atoms with van der Waals surface area (Å²) in [6.07, 6.45) is -0.492. The summed E-state index contributed by atoms with van der Waals surface area (Å²) in [7, 11) is 3.07. The van der Waals surface area contributed by atoms with E-state index in [0.29, 0.717) is 10.6 Å². The van der Waals surface area contributed by atoms with E-state index in [0.717, 1.165) is 0 Å². The highest BCUT2D eigenvalue weighted by atomic mass is 32.1. The highest BCUT2D eigenvalue weighted by Gasteiger charge is 2.03. The average molecular weight is 202 g/mol. The summed E-state index contributed by atoms with van der Waals surface area (Å²) >= 11 is 4.88. The Morgan fingerprint density at radius 2 is 2.54 bits per heavy atom. The molecule has 0 saturated carbocycles. The molecule has 7 heteroatoms. The third kappa shape index (κ3) is 2.28. The van der Waals surface area contributed by atoms with Crippen molar-refractivity contribution in [3.63, 3.8) is 0 Å². The molecule has 72 valence electrons. The van der Waals surface area contributed by atoms with Crippen molar-refractivity contribution >= 4 is 18.3 Å². The molecule has 0 unspecified atom stereocenters. The molecular weight excluding hydrogens is 192 g/mol. The van der Waals surface area contributed by atoms with Crippen LogP contribution in [-0.2, 0) is 18.3 Å². The number of ether oxygens (including phenoxy) is 1. The van der Waals surface area contributed by atoms with Gasteiger partial charge in [0.15, 0.2) is 10.6 Å². The van der Waals surface area contributed by atoms with Crippen molar-refractivity contribution < 1.29 is 9.53 Å². The Kier molecular flexibility index (Phi) is 3.02. The zero-order chi connectivity index (χ0) is 9.84. The number of H-pyrrole nitrogens is 1. The number of carbonyl (C=O) groups excluding carboxylic acids is 1. The number of amides is 1. The lowest BCUT2D eigenvalue weighted by Gasteiger charge is -2.01. The number of nitrogens with zero attached hydrogens (tertiary/aromatic N) is 2. The second kappa shape index (κ2) is 4.04. The maximum absolute atomic E-state index is 10.7. The molecule has 2 N–H and O–H groups in total. The molecule has 1 amide bonds. The van der Waals surface area contributed by atoms with Crippen molar-refractivity contribution in [1.82, 2.24) is 20.1 Å². The van der Waals surface area contributed by atoms with E-state index in [1.807, 2.05) is 0 Å². The van der Waals surface area contributed by atoms with Gasteiger partial charge in [0.05, 0.1) is 13.7 Å². The van der Waals surface area contributed by atoms with Crippen LogP contribution in [0.15, 0.2) is 0 Å². The number of aromatic nitrogens is 3. The summed E-state index contributed by atoms with van der Waals surface area (Å²) < 4.78 is 6.58. The van der Waals surface area contributed by atoms with Gasteiger partial charge in [-0.1, -0.05) is 0 Å². The van der Waals surface area contributed by atoms with Crippen LogP contribution in [0.1, 0.15) is 5.82 Å². The van der Waals surface area contributed by atoms with E-state index in [1.54, 1.807) is 11.6 Å². The summed E-state index contributed by atoms with van der Waals surface area (Å²) in [5.74, 6) is 0.649. The molecule has 0 aliphatic rings. The highest BCUT2D eigenvalue weighted by molar-refractivity contribution is 7.71. The fourth-order valence-electron chi connectivity index (χ4n) is 0.761. The van der Waals surface area contributed by atoms with Gasteiger partial charge in [0.1, 0.15) is 0 Å². The first-order chi connectivity index (χ1) is 6.15. The van der Waals surface area contributed by atoms with Gasteiger partial charge >= 0.3 is 6.09 Å². The SMILES string of the molecule is COC(=O)NCc1n[nH]c(=S)n1C. The van der Waals surface area contributed by atoms with Gasteiger partial charge in [0.2, 0.25) is 0 Å². The first-order valence-electron chi connectivity index (χ1n) is 3.57. The molecule has 0 aliphatic carbocycles. The quantitative estimate of drug-likeness (QED) is 0.678. The van der Waals surface area contributed by atoms with Gasteiger partial charge in [-0.3, -0.25) is 5.10 Å². The molecule has 1 rings (SSSR count). The van der Waals surface area contributed by atoms with E-state index < -0.39 is 6.09 Å². The smallest absolute Gasteiger partial charge is 0.407 e. The second-order valence-electron chi connectivity index (χ2n) is 2.35. The Hall–Kier alpha value is -1.37. The molecule has 1 heterocycles. The number of aromatic amines is 1. The molecule has 0 aromatic carbocycles. The molecule has 0 spiro atoms. The van der Waals surface area contributed by atoms with E-state index in [9.17, 15) is 4.79 Å². The Bertz CT molecular complexity index is 356. The van der Waals surface area contributed by atoms with Gasteiger partial charge in [0.25, 0.3) is 0 Å². The van der Waals surface area contributed by atoms with Crippen LogP contribution in [0.3, 0.4) is 0 Å². The molecule has 13 heavy (non-hydrogen) atoms. The van der Waals surface area contributed by atoms with Gasteiger partial charge in [-0.15, -0.1) is 0 Å². The van der Waals surface area contributed by atoms with Crippen LogP contribution >= 0.6 is 12.2 Å². The molecule has 0 fully saturated rings. The molecule has 0 radical (unpaired) electrons. The highest BCUT2D eigenvalue weighted by Crippen LogP contribution is 1.93. The second-order valence-corrected chi connectivity index (χ2v) is 2.74. The number of hydrogen-bond donors (Lipinski definition) is 2. The predicted molar refractivity (Wildman–Crippen MR) is 47.6 cm³/mol. The van der Waals surface area contributed by atoms with Crippen LogP contribution in [0, 0.1) is 4.77 Å². The maximum Gasteiger partial charge on any atom is 0.407 e. The maximum atomic E-state index is 10.7. The lowest BCUT2D eigenvalue weighted by Crippen LogP contribution is -2.23. The summed E-state index contributed by atoms with van der Waals surface area (Å²) in [5.41, 5.74) is 0. The first-order valence-corrected chi connectivity index (χ1v) is 3.98. The number of carbonyl (C=O) groups is 1. The fraction of sp³-hybridized carbons (Fsp3) is 0.500. The van der Waals surface area contributed by atoms with Crippen LogP contribution in [0.2, 0.25) is 0 Å². The van der Waals surface area contributed by atoms with Crippen LogP contribution in [-0.4, -0.2) is 28.0 Å². The molecule has 6 nitrogen and oxygen atoms in total. The third-order valence-corrected chi connectivity index (χ3v) is 1.91. The largest absolute Gasteiger partial charge is 0.453 e. The van der Waals surface area contributed by atoms with Gasteiger partial charge in [-0.05, 0) is 12.2 Å². The molecule has 1 aromatic rings. The zero-order valence-corrected chi connectivity index (χ0v) is 8.14. The minimum atomic E-state index is -0.492. The summed E-state index contributed by atoms with van der Waals surface area (Å²) in [5, 5.41) is 8.99. The third-order valence-electron chi connectivity index (χ3n) is 1.55. The van der Waals surface area contributed by atoms with Crippen molar-refractivity contribution in [2.45, 2.75) is 6.54 Å².